The Balaban J connectivity index is 1.89. The number of halogens is 2. The highest BCUT2D eigenvalue weighted by Gasteiger charge is 2.42. The number of hydrogen-bond donors (Lipinski definition) is 2. The number of nitrogens with zero attached hydrogens (tertiary/aromatic N) is 1. The largest absolute Gasteiger partial charge is 0.337 e. The van der Waals surface area contributed by atoms with Crippen molar-refractivity contribution < 1.29 is 13.6 Å². The summed E-state index contributed by atoms with van der Waals surface area (Å²) in [6, 6.07) is 5.04. The molecule has 1 fully saturated rings. The fourth-order valence-corrected chi connectivity index (χ4v) is 2.42. The number of carbonyl (C=O) groups excluding carboxylic acids is 1. The second-order valence-electron chi connectivity index (χ2n) is 5.91. The third-order valence-corrected chi connectivity index (χ3v) is 4.02. The second kappa shape index (κ2) is 6.41. The Morgan fingerprint density at radius 1 is 1.50 bits per heavy atom. The summed E-state index contributed by atoms with van der Waals surface area (Å²) >= 11 is 0. The van der Waals surface area contributed by atoms with Gasteiger partial charge in [0.25, 0.3) is 0 Å². The molecule has 2 atom stereocenters. The van der Waals surface area contributed by atoms with Gasteiger partial charge in [-0.2, -0.15) is 5.26 Å². The van der Waals surface area contributed by atoms with Gasteiger partial charge >= 0.3 is 0 Å². The highest BCUT2D eigenvalue weighted by molar-refractivity contribution is 5.79. The average Bonchev–Trinajstić information content (AvgIpc) is 3.29. The lowest BCUT2D eigenvalue weighted by atomic mass is 9.98. The Morgan fingerprint density at radius 3 is 2.73 bits per heavy atom. The van der Waals surface area contributed by atoms with Gasteiger partial charge in [0, 0.05) is 17.7 Å². The van der Waals surface area contributed by atoms with Gasteiger partial charge in [0.1, 0.15) is 17.2 Å². The summed E-state index contributed by atoms with van der Waals surface area (Å²) in [6.45, 7) is 3.36. The molecule has 4 nitrogen and oxygen atoms in total. The van der Waals surface area contributed by atoms with E-state index in [-0.39, 0.29) is 18.4 Å². The van der Waals surface area contributed by atoms with Crippen molar-refractivity contribution in [3.05, 3.63) is 35.4 Å². The summed E-state index contributed by atoms with van der Waals surface area (Å²) in [5, 5.41) is 14.8. The monoisotopic (exact) mass is 307 g/mol. The zero-order valence-electron chi connectivity index (χ0n) is 12.6. The van der Waals surface area contributed by atoms with Crippen LogP contribution in [0.25, 0.3) is 0 Å². The fourth-order valence-electron chi connectivity index (χ4n) is 2.42. The van der Waals surface area contributed by atoms with Crippen LogP contribution in [0.2, 0.25) is 0 Å². The molecule has 0 aromatic heterocycles. The standard InChI is InChI=1S/C16H19F2N3O/c1-10(13-6-5-12(17)7-14(13)18)20-8-15(22)21-16(2,9-19)11-3-4-11/h5-7,10-11,20H,3-4,8H2,1-2H3,(H,21,22)/t10-,16-/m1/s1. The topological polar surface area (TPSA) is 64.9 Å². The molecule has 2 N–H and O–H groups in total. The molecule has 0 spiro atoms. The SMILES string of the molecule is C[C@@H](NCC(=O)N[C@](C)(C#N)C1CC1)c1ccc(F)cc1F. The van der Waals surface area contributed by atoms with Crippen molar-refractivity contribution in [1.29, 1.82) is 5.26 Å². The highest BCUT2D eigenvalue weighted by Crippen LogP contribution is 2.39. The quantitative estimate of drug-likeness (QED) is 0.848. The zero-order chi connectivity index (χ0) is 16.3. The van der Waals surface area contributed by atoms with Crippen LogP contribution in [-0.2, 0) is 4.79 Å². The van der Waals surface area contributed by atoms with E-state index in [9.17, 15) is 18.8 Å². The van der Waals surface area contributed by atoms with Crippen molar-refractivity contribution in [2.45, 2.75) is 38.3 Å². The molecule has 6 heteroatoms. The van der Waals surface area contributed by atoms with E-state index in [1.807, 2.05) is 0 Å². The van der Waals surface area contributed by atoms with Gasteiger partial charge in [0.05, 0.1) is 12.6 Å². The summed E-state index contributed by atoms with van der Waals surface area (Å²) in [6.07, 6.45) is 1.88. The van der Waals surface area contributed by atoms with Crippen LogP contribution in [0.3, 0.4) is 0 Å². The van der Waals surface area contributed by atoms with Crippen molar-refractivity contribution in [2.24, 2.45) is 5.92 Å². The average molecular weight is 307 g/mol. The minimum absolute atomic E-state index is 0.0397. The number of hydrogen-bond acceptors (Lipinski definition) is 3. The van der Waals surface area contributed by atoms with Crippen LogP contribution >= 0.6 is 0 Å². The van der Waals surface area contributed by atoms with Gasteiger partial charge in [0.15, 0.2) is 0 Å². The maximum absolute atomic E-state index is 13.6. The van der Waals surface area contributed by atoms with Gasteiger partial charge < -0.3 is 10.6 Å². The van der Waals surface area contributed by atoms with E-state index in [0.29, 0.717) is 5.56 Å². The van der Waals surface area contributed by atoms with E-state index in [0.717, 1.165) is 18.9 Å². The van der Waals surface area contributed by atoms with Crippen LogP contribution in [0.5, 0.6) is 0 Å². The van der Waals surface area contributed by atoms with Crippen LogP contribution in [0.15, 0.2) is 18.2 Å². The molecule has 0 bridgehead atoms. The number of nitriles is 1. The Morgan fingerprint density at radius 2 is 2.18 bits per heavy atom. The Hall–Kier alpha value is -2.00. The number of rotatable bonds is 6. The molecule has 118 valence electrons. The van der Waals surface area contributed by atoms with Gasteiger partial charge in [-0.15, -0.1) is 0 Å². The molecular formula is C16H19F2N3O. The maximum Gasteiger partial charge on any atom is 0.235 e. The molecule has 2 rings (SSSR count). The van der Waals surface area contributed by atoms with E-state index in [1.54, 1.807) is 13.8 Å². The van der Waals surface area contributed by atoms with Crippen molar-refractivity contribution in [2.75, 3.05) is 6.54 Å². The van der Waals surface area contributed by atoms with Crippen LogP contribution in [0.1, 0.15) is 38.3 Å². The van der Waals surface area contributed by atoms with Gasteiger partial charge in [0.2, 0.25) is 5.91 Å². The van der Waals surface area contributed by atoms with Crippen molar-refractivity contribution in [3.63, 3.8) is 0 Å². The summed E-state index contributed by atoms with van der Waals surface area (Å²) in [5.74, 6) is -1.40. The van der Waals surface area contributed by atoms with E-state index in [4.69, 9.17) is 0 Å². The predicted octanol–water partition coefficient (Wildman–Crippen LogP) is 2.42. The van der Waals surface area contributed by atoms with Gasteiger partial charge in [-0.1, -0.05) is 6.07 Å². The molecule has 1 aliphatic rings. The minimum atomic E-state index is -0.844. The summed E-state index contributed by atoms with van der Waals surface area (Å²) in [4.78, 5) is 11.9. The van der Waals surface area contributed by atoms with E-state index in [2.05, 4.69) is 16.7 Å². The first-order chi connectivity index (χ1) is 10.4. The fraction of sp³-hybridized carbons (Fsp3) is 0.500. The molecule has 0 heterocycles. The molecule has 1 amide bonds. The minimum Gasteiger partial charge on any atom is -0.337 e. The highest BCUT2D eigenvalue weighted by atomic mass is 19.1. The van der Waals surface area contributed by atoms with Crippen molar-refractivity contribution >= 4 is 5.91 Å². The molecule has 0 unspecified atom stereocenters. The van der Waals surface area contributed by atoms with E-state index in [1.165, 1.54) is 12.1 Å². The molecule has 22 heavy (non-hydrogen) atoms. The van der Waals surface area contributed by atoms with Gasteiger partial charge in [-0.3, -0.25) is 4.79 Å². The Bertz CT molecular complexity index is 610. The summed E-state index contributed by atoms with van der Waals surface area (Å²) < 4.78 is 26.5. The van der Waals surface area contributed by atoms with Gasteiger partial charge in [-0.25, -0.2) is 8.78 Å². The zero-order valence-corrected chi connectivity index (χ0v) is 12.6. The van der Waals surface area contributed by atoms with Gasteiger partial charge in [-0.05, 0) is 38.7 Å². The van der Waals surface area contributed by atoms with E-state index >= 15 is 0 Å². The molecule has 1 saturated carbocycles. The molecular weight excluding hydrogens is 288 g/mol. The van der Waals surface area contributed by atoms with Crippen molar-refractivity contribution in [1.82, 2.24) is 10.6 Å². The normalized spacial score (nSPS) is 18.1. The first kappa shape index (κ1) is 16.4. The maximum atomic E-state index is 13.6. The number of benzene rings is 1. The lowest BCUT2D eigenvalue weighted by molar-refractivity contribution is -0.121. The van der Waals surface area contributed by atoms with Crippen molar-refractivity contribution in [3.8, 4) is 6.07 Å². The first-order valence-corrected chi connectivity index (χ1v) is 7.26. The summed E-state index contributed by atoms with van der Waals surface area (Å²) in [7, 11) is 0. The molecule has 0 radical (unpaired) electrons. The van der Waals surface area contributed by atoms with Crippen LogP contribution in [0.4, 0.5) is 8.78 Å². The molecule has 0 aliphatic heterocycles. The Labute approximate surface area is 128 Å². The molecule has 1 aromatic carbocycles. The third kappa shape index (κ3) is 3.80. The molecule has 1 aromatic rings. The number of nitrogens with one attached hydrogen (secondary N) is 2. The number of carbonyl (C=O) groups is 1. The lowest BCUT2D eigenvalue weighted by Gasteiger charge is -2.23. The predicted molar refractivity (Wildman–Crippen MR) is 77.7 cm³/mol. The molecule has 0 saturated heterocycles. The molecule has 1 aliphatic carbocycles. The smallest absolute Gasteiger partial charge is 0.235 e. The van der Waals surface area contributed by atoms with Crippen LogP contribution in [0, 0.1) is 28.9 Å². The van der Waals surface area contributed by atoms with Crippen LogP contribution < -0.4 is 10.6 Å². The third-order valence-electron chi connectivity index (χ3n) is 4.02. The first-order valence-electron chi connectivity index (χ1n) is 7.26. The lowest BCUT2D eigenvalue weighted by Crippen LogP contribution is -2.49. The van der Waals surface area contributed by atoms with E-state index < -0.39 is 23.2 Å². The number of amides is 1. The van der Waals surface area contributed by atoms with Crippen LogP contribution in [-0.4, -0.2) is 18.0 Å². The second-order valence-corrected chi connectivity index (χ2v) is 5.91. The summed E-state index contributed by atoms with van der Waals surface area (Å²) in [5.41, 5.74) is -0.553. The Kier molecular flexibility index (Phi) is 4.77.